The Balaban J connectivity index is 1.16. The number of likely N-dealkylation sites (N-methyl/N-ethyl adjacent to an activating group) is 2. The smallest absolute Gasteiger partial charge is 0.245 e. The van der Waals surface area contributed by atoms with Crippen molar-refractivity contribution < 1.29 is 19.8 Å². The SMILES string of the molecule is CCN(CC)[C@@H](C(=O)N1CCC(O)C1c1ncc(-c2cccc(-c3ccccc3)c2-c2cnc(C3C(O)CCN3C(=O)[C@@H](c3ccccc3)N(CC)CC)[nH]2)[nH]1)c1ccccc1. The third kappa shape index (κ3) is 8.23. The van der Waals surface area contributed by atoms with Gasteiger partial charge in [0.2, 0.25) is 11.8 Å². The fourth-order valence-electron chi connectivity index (χ4n) is 9.65. The first-order chi connectivity index (χ1) is 30.3. The molecule has 2 aliphatic rings. The zero-order valence-electron chi connectivity index (χ0n) is 36.1. The van der Waals surface area contributed by atoms with Crippen molar-refractivity contribution in [2.45, 2.75) is 76.9 Å². The largest absolute Gasteiger partial charge is 0.390 e. The van der Waals surface area contributed by atoms with E-state index in [1.165, 1.54) is 0 Å². The highest BCUT2D eigenvalue weighted by Crippen LogP contribution is 2.42. The predicted octanol–water partition coefficient (Wildman–Crippen LogP) is 7.57. The van der Waals surface area contributed by atoms with Crippen molar-refractivity contribution in [1.82, 2.24) is 39.5 Å². The second-order valence-electron chi connectivity index (χ2n) is 16.2. The van der Waals surface area contributed by atoms with Crippen molar-refractivity contribution in [3.8, 4) is 33.6 Å². The zero-order chi connectivity index (χ0) is 43.3. The molecule has 4 heterocycles. The molecule has 0 bridgehead atoms. The molecule has 4 unspecified atom stereocenters. The quantitative estimate of drug-likeness (QED) is 0.0830. The molecule has 0 spiro atoms. The summed E-state index contributed by atoms with van der Waals surface area (Å²) < 4.78 is 0. The van der Waals surface area contributed by atoms with Gasteiger partial charge in [-0.25, -0.2) is 9.97 Å². The van der Waals surface area contributed by atoms with Crippen LogP contribution in [0.4, 0.5) is 0 Å². The van der Waals surface area contributed by atoms with E-state index in [1.54, 1.807) is 22.2 Å². The maximum atomic E-state index is 14.6. The number of hydrogen-bond acceptors (Lipinski definition) is 8. The van der Waals surface area contributed by atoms with Gasteiger partial charge in [0.1, 0.15) is 35.8 Å². The molecule has 2 aromatic heterocycles. The Morgan fingerprint density at radius 3 is 1.48 bits per heavy atom. The normalized spacial score (nSPS) is 20.0. The van der Waals surface area contributed by atoms with Gasteiger partial charge in [0.05, 0.1) is 36.0 Å². The summed E-state index contributed by atoms with van der Waals surface area (Å²) in [7, 11) is 0. The molecule has 2 aliphatic heterocycles. The van der Waals surface area contributed by atoms with Gasteiger partial charge >= 0.3 is 0 Å². The van der Waals surface area contributed by atoms with Gasteiger partial charge in [-0.3, -0.25) is 19.4 Å². The molecule has 322 valence electrons. The lowest BCUT2D eigenvalue weighted by molar-refractivity contribution is -0.140. The maximum absolute atomic E-state index is 14.6. The number of benzene rings is 4. The third-order valence-electron chi connectivity index (χ3n) is 12.8. The fourth-order valence-corrected chi connectivity index (χ4v) is 9.65. The molecule has 62 heavy (non-hydrogen) atoms. The number of hydrogen-bond donors (Lipinski definition) is 4. The van der Waals surface area contributed by atoms with E-state index in [0.29, 0.717) is 75.1 Å². The van der Waals surface area contributed by atoms with Crippen molar-refractivity contribution in [2.24, 2.45) is 0 Å². The Kier molecular flexibility index (Phi) is 13.1. The number of likely N-dealkylation sites (tertiary alicyclic amines) is 2. The summed E-state index contributed by atoms with van der Waals surface area (Å²) in [4.78, 5) is 54.0. The molecule has 12 heteroatoms. The van der Waals surface area contributed by atoms with E-state index in [-0.39, 0.29) is 11.8 Å². The number of nitrogens with zero attached hydrogens (tertiary/aromatic N) is 6. The Morgan fingerprint density at radius 1 is 0.597 bits per heavy atom. The molecule has 2 fully saturated rings. The molecule has 0 radical (unpaired) electrons. The highest BCUT2D eigenvalue weighted by molar-refractivity contribution is 5.92. The second kappa shape index (κ2) is 19.0. The monoisotopic (exact) mass is 834 g/mol. The number of aromatic amines is 2. The lowest BCUT2D eigenvalue weighted by Crippen LogP contribution is -2.44. The van der Waals surface area contributed by atoms with Gasteiger partial charge < -0.3 is 30.0 Å². The summed E-state index contributed by atoms with van der Waals surface area (Å²) in [6.07, 6.45) is 2.81. The number of aromatic nitrogens is 4. The maximum Gasteiger partial charge on any atom is 0.245 e. The van der Waals surface area contributed by atoms with Crippen molar-refractivity contribution in [3.63, 3.8) is 0 Å². The minimum atomic E-state index is -0.809. The number of carbonyl (C=O) groups is 2. The van der Waals surface area contributed by atoms with E-state index in [1.807, 2.05) is 91.0 Å². The van der Waals surface area contributed by atoms with Crippen LogP contribution in [-0.2, 0) is 9.59 Å². The van der Waals surface area contributed by atoms with Crippen LogP contribution in [0.3, 0.4) is 0 Å². The average Bonchev–Trinajstić information content (AvgIpc) is 4.15. The number of aliphatic hydroxyl groups excluding tert-OH is 2. The van der Waals surface area contributed by atoms with Crippen LogP contribution in [0.1, 0.15) is 87.5 Å². The number of aliphatic hydroxyl groups is 2. The van der Waals surface area contributed by atoms with E-state index in [9.17, 15) is 19.8 Å². The summed E-state index contributed by atoms with van der Waals surface area (Å²) in [5, 5.41) is 23.0. The molecule has 6 atom stereocenters. The molecular weight excluding hydrogens is 777 g/mol. The van der Waals surface area contributed by atoms with Crippen molar-refractivity contribution in [3.05, 3.63) is 144 Å². The third-order valence-corrected chi connectivity index (χ3v) is 12.8. The number of nitrogens with one attached hydrogen (secondary N) is 2. The standard InChI is InChI=1S/C50H58N8O4/c1-5-55(6-2)43(34-21-14-10-15-22-34)49(61)57-29-27-40(59)45(57)47-51-31-38(53-47)37-26-18-25-36(33-19-12-9-13-20-33)42(37)39-32-52-48(54-39)46-41(60)28-30-58(46)50(62)44(56(7-3)8-4)35-23-16-11-17-24-35/h9-26,31-32,40-41,43-46,59-60H,5-8,27-30H2,1-4H3,(H,51,53)(H,52,54)/t40?,41?,43-,44-,45?,46?/m1/s1. The topological polar surface area (TPSA) is 145 Å². The van der Waals surface area contributed by atoms with Crippen LogP contribution in [0, 0.1) is 0 Å². The van der Waals surface area contributed by atoms with Gasteiger partial charge in [0, 0.05) is 24.2 Å². The van der Waals surface area contributed by atoms with Crippen LogP contribution in [0.25, 0.3) is 33.6 Å². The van der Waals surface area contributed by atoms with Crippen LogP contribution in [0.5, 0.6) is 0 Å². The van der Waals surface area contributed by atoms with E-state index in [0.717, 1.165) is 33.4 Å². The van der Waals surface area contributed by atoms with E-state index >= 15 is 0 Å². The van der Waals surface area contributed by atoms with Crippen LogP contribution in [0.2, 0.25) is 0 Å². The average molecular weight is 835 g/mol. The summed E-state index contributed by atoms with van der Waals surface area (Å²) in [5.74, 6) is 0.886. The first kappa shape index (κ1) is 42.8. The number of rotatable bonds is 15. The molecular formula is C50H58N8O4. The minimum Gasteiger partial charge on any atom is -0.390 e. The van der Waals surface area contributed by atoms with Gasteiger partial charge in [0.15, 0.2) is 0 Å². The van der Waals surface area contributed by atoms with Crippen molar-refractivity contribution in [1.29, 1.82) is 0 Å². The first-order valence-corrected chi connectivity index (χ1v) is 22.1. The van der Waals surface area contributed by atoms with Crippen LogP contribution >= 0.6 is 0 Å². The molecule has 12 nitrogen and oxygen atoms in total. The number of imidazole rings is 2. The van der Waals surface area contributed by atoms with Gasteiger partial charge in [-0.05, 0) is 61.3 Å². The van der Waals surface area contributed by atoms with E-state index in [2.05, 4.69) is 65.7 Å². The predicted molar refractivity (Wildman–Crippen MR) is 241 cm³/mol. The molecule has 0 aliphatic carbocycles. The molecule has 0 saturated carbocycles. The fraction of sp³-hybridized carbons (Fsp3) is 0.360. The molecule has 8 rings (SSSR count). The Labute approximate surface area is 364 Å². The lowest BCUT2D eigenvalue weighted by atomic mass is 9.92. The summed E-state index contributed by atoms with van der Waals surface area (Å²) in [6.45, 7) is 11.8. The molecule has 4 aromatic carbocycles. The minimum absolute atomic E-state index is 0.0648. The number of carbonyl (C=O) groups excluding carboxylic acids is 2. The van der Waals surface area contributed by atoms with Gasteiger partial charge in [-0.2, -0.15) is 0 Å². The van der Waals surface area contributed by atoms with Gasteiger partial charge in [-0.1, -0.05) is 137 Å². The molecule has 4 N–H and O–H groups in total. The highest BCUT2D eigenvalue weighted by atomic mass is 16.3. The lowest BCUT2D eigenvalue weighted by Gasteiger charge is -2.34. The molecule has 2 saturated heterocycles. The van der Waals surface area contributed by atoms with E-state index < -0.39 is 36.4 Å². The number of H-pyrrole nitrogens is 2. The van der Waals surface area contributed by atoms with Gasteiger partial charge in [0.25, 0.3) is 0 Å². The Morgan fingerprint density at radius 2 is 1.02 bits per heavy atom. The van der Waals surface area contributed by atoms with Crippen molar-refractivity contribution >= 4 is 11.8 Å². The second-order valence-corrected chi connectivity index (χ2v) is 16.2. The van der Waals surface area contributed by atoms with Crippen LogP contribution in [0.15, 0.2) is 122 Å². The Bertz CT molecular complexity index is 2410. The van der Waals surface area contributed by atoms with Crippen LogP contribution < -0.4 is 0 Å². The van der Waals surface area contributed by atoms with Crippen LogP contribution in [-0.4, -0.2) is 113 Å². The summed E-state index contributed by atoms with van der Waals surface area (Å²) in [6, 6.07) is 33.6. The zero-order valence-corrected chi connectivity index (χ0v) is 36.1. The van der Waals surface area contributed by atoms with E-state index in [4.69, 9.17) is 9.97 Å². The van der Waals surface area contributed by atoms with Gasteiger partial charge in [-0.15, -0.1) is 0 Å². The number of amides is 2. The summed E-state index contributed by atoms with van der Waals surface area (Å²) >= 11 is 0. The highest BCUT2D eigenvalue weighted by Gasteiger charge is 2.44. The van der Waals surface area contributed by atoms with Crippen molar-refractivity contribution in [2.75, 3.05) is 39.3 Å². The first-order valence-electron chi connectivity index (χ1n) is 22.1. The summed E-state index contributed by atoms with van der Waals surface area (Å²) in [5.41, 5.74) is 6.89. The molecule has 6 aromatic rings. The molecule has 2 amide bonds. The Hall–Kier alpha value is -5.92.